The van der Waals surface area contributed by atoms with Crippen LogP contribution < -0.4 is 11.3 Å². The van der Waals surface area contributed by atoms with Crippen molar-refractivity contribution in [3.05, 3.63) is 22.3 Å². The molecule has 1 aliphatic carbocycles. The Morgan fingerprint density at radius 3 is 2.85 bits per heavy atom. The Morgan fingerprint density at radius 1 is 1.50 bits per heavy atom. The van der Waals surface area contributed by atoms with E-state index in [9.17, 15) is 4.79 Å². The first-order valence-corrected chi connectivity index (χ1v) is 7.73. The van der Waals surface area contributed by atoms with Crippen molar-refractivity contribution in [3.63, 3.8) is 0 Å². The predicted molar refractivity (Wildman–Crippen MR) is 83.3 cm³/mol. The summed E-state index contributed by atoms with van der Waals surface area (Å²) in [5.41, 5.74) is 3.00. The van der Waals surface area contributed by atoms with Crippen molar-refractivity contribution in [2.24, 2.45) is 11.8 Å². The van der Waals surface area contributed by atoms with Gasteiger partial charge in [-0.05, 0) is 40.8 Å². The van der Waals surface area contributed by atoms with Crippen LogP contribution in [0, 0.1) is 5.92 Å². The van der Waals surface area contributed by atoms with Crippen molar-refractivity contribution in [2.75, 3.05) is 12.5 Å². The van der Waals surface area contributed by atoms with Gasteiger partial charge in [-0.25, -0.2) is 10.8 Å². The highest BCUT2D eigenvalue weighted by atomic mass is 79.9. The number of hydrazine groups is 1. The van der Waals surface area contributed by atoms with Gasteiger partial charge in [-0.15, -0.1) is 0 Å². The fourth-order valence-corrected chi connectivity index (χ4v) is 3.26. The summed E-state index contributed by atoms with van der Waals surface area (Å²) < 4.78 is 0.768. The van der Waals surface area contributed by atoms with Crippen LogP contribution in [0.15, 0.2) is 16.7 Å². The number of anilines is 1. The predicted octanol–water partition coefficient (Wildman–Crippen LogP) is 2.78. The number of halogens is 1. The molecule has 0 saturated heterocycles. The number of carbonyl (C=O) groups excluding carboxylic acids is 1. The van der Waals surface area contributed by atoms with Gasteiger partial charge in [-0.1, -0.05) is 19.8 Å². The highest BCUT2D eigenvalue weighted by Crippen LogP contribution is 2.29. The molecule has 1 saturated carbocycles. The van der Waals surface area contributed by atoms with Gasteiger partial charge in [-0.3, -0.25) is 4.79 Å². The second-order valence-electron chi connectivity index (χ2n) is 5.44. The molecular formula is C14H21BrN4O. The van der Waals surface area contributed by atoms with E-state index in [0.717, 1.165) is 10.9 Å². The number of hydrogen-bond acceptors (Lipinski definition) is 4. The summed E-state index contributed by atoms with van der Waals surface area (Å²) in [4.78, 5) is 18.7. The van der Waals surface area contributed by atoms with Crippen LogP contribution in [0.1, 0.15) is 43.0 Å². The topological polar surface area (TPSA) is 71.2 Å². The molecule has 2 atom stereocenters. The second-order valence-corrected chi connectivity index (χ2v) is 6.35. The lowest BCUT2D eigenvalue weighted by molar-refractivity contribution is 0.0629. The van der Waals surface area contributed by atoms with Gasteiger partial charge in [0.1, 0.15) is 0 Å². The average Bonchev–Trinajstić information content (AvgIpc) is 2.46. The first kappa shape index (κ1) is 15.3. The first-order chi connectivity index (χ1) is 9.54. The third-order valence-corrected chi connectivity index (χ3v) is 4.54. The molecule has 0 spiro atoms. The van der Waals surface area contributed by atoms with Crippen molar-refractivity contribution in [1.82, 2.24) is 9.88 Å². The Labute approximate surface area is 128 Å². The number of rotatable bonds is 3. The number of hydrogen-bond donors (Lipinski definition) is 2. The van der Waals surface area contributed by atoms with Crippen LogP contribution in [0.5, 0.6) is 0 Å². The van der Waals surface area contributed by atoms with E-state index in [2.05, 4.69) is 33.3 Å². The zero-order chi connectivity index (χ0) is 14.7. The standard InChI is InChI=1S/C14H21BrN4O/c1-9-5-3-4-6-12(9)19(2)14(20)11-7-10(15)8-17-13(11)18-16/h7-9,12H,3-6,16H2,1-2H3,(H,17,18). The van der Waals surface area contributed by atoms with Crippen molar-refractivity contribution in [3.8, 4) is 0 Å². The summed E-state index contributed by atoms with van der Waals surface area (Å²) in [7, 11) is 1.87. The zero-order valence-electron chi connectivity index (χ0n) is 11.9. The number of amides is 1. The fourth-order valence-electron chi connectivity index (χ4n) is 2.93. The zero-order valence-corrected chi connectivity index (χ0v) is 13.5. The van der Waals surface area contributed by atoms with Crippen molar-refractivity contribution >= 4 is 27.7 Å². The third-order valence-electron chi connectivity index (χ3n) is 4.11. The second kappa shape index (κ2) is 6.54. The van der Waals surface area contributed by atoms with Gasteiger partial charge < -0.3 is 10.3 Å². The SMILES string of the molecule is CC1CCCCC1N(C)C(=O)c1cc(Br)cnc1NN. The van der Waals surface area contributed by atoms with Crippen molar-refractivity contribution in [2.45, 2.75) is 38.6 Å². The number of nitrogens with two attached hydrogens (primary N) is 1. The highest BCUT2D eigenvalue weighted by Gasteiger charge is 2.29. The number of nitrogens with zero attached hydrogens (tertiary/aromatic N) is 2. The van der Waals surface area contributed by atoms with Gasteiger partial charge in [0, 0.05) is 23.8 Å². The lowest BCUT2D eigenvalue weighted by Crippen LogP contribution is -2.43. The Morgan fingerprint density at radius 2 is 2.20 bits per heavy atom. The molecular weight excluding hydrogens is 320 g/mol. The average molecular weight is 341 g/mol. The molecule has 1 aliphatic rings. The molecule has 1 aromatic heterocycles. The van der Waals surface area contributed by atoms with Gasteiger partial charge in [0.15, 0.2) is 5.82 Å². The fraction of sp³-hybridized carbons (Fsp3) is 0.571. The van der Waals surface area contributed by atoms with Crippen LogP contribution in [0.3, 0.4) is 0 Å². The van der Waals surface area contributed by atoms with E-state index in [1.807, 2.05) is 11.9 Å². The number of nitrogens with one attached hydrogen (secondary N) is 1. The first-order valence-electron chi connectivity index (χ1n) is 6.94. The quantitative estimate of drug-likeness (QED) is 0.655. The van der Waals surface area contributed by atoms with E-state index in [1.54, 1.807) is 12.3 Å². The van der Waals surface area contributed by atoms with Crippen LogP contribution in [0.2, 0.25) is 0 Å². The number of aromatic nitrogens is 1. The Hall–Kier alpha value is -1.14. The molecule has 3 N–H and O–H groups in total. The van der Waals surface area contributed by atoms with Crippen molar-refractivity contribution in [1.29, 1.82) is 0 Å². The molecule has 1 amide bonds. The van der Waals surface area contributed by atoms with E-state index in [0.29, 0.717) is 23.3 Å². The molecule has 20 heavy (non-hydrogen) atoms. The largest absolute Gasteiger partial charge is 0.338 e. The lowest BCUT2D eigenvalue weighted by atomic mass is 9.85. The smallest absolute Gasteiger partial charge is 0.257 e. The summed E-state index contributed by atoms with van der Waals surface area (Å²) >= 11 is 3.35. The minimum Gasteiger partial charge on any atom is -0.338 e. The molecule has 0 radical (unpaired) electrons. The van der Waals surface area contributed by atoms with Crippen LogP contribution in [0.4, 0.5) is 5.82 Å². The van der Waals surface area contributed by atoms with Crippen LogP contribution in [0.25, 0.3) is 0 Å². The molecule has 1 aromatic rings. The molecule has 1 fully saturated rings. The molecule has 1 heterocycles. The Bertz CT molecular complexity index is 494. The third kappa shape index (κ3) is 3.12. The lowest BCUT2D eigenvalue weighted by Gasteiger charge is -2.36. The van der Waals surface area contributed by atoms with Gasteiger partial charge >= 0.3 is 0 Å². The Balaban J connectivity index is 2.23. The number of nitrogen functional groups attached to an aromatic ring is 1. The van der Waals surface area contributed by atoms with E-state index >= 15 is 0 Å². The van der Waals surface area contributed by atoms with Crippen LogP contribution in [-0.2, 0) is 0 Å². The van der Waals surface area contributed by atoms with E-state index in [-0.39, 0.29) is 5.91 Å². The normalized spacial score (nSPS) is 22.4. The molecule has 0 aromatic carbocycles. The maximum Gasteiger partial charge on any atom is 0.257 e. The molecule has 0 aliphatic heterocycles. The minimum atomic E-state index is -0.0366. The molecule has 110 valence electrons. The summed E-state index contributed by atoms with van der Waals surface area (Å²) in [5.74, 6) is 6.35. The molecule has 2 unspecified atom stereocenters. The number of carbonyl (C=O) groups is 1. The van der Waals surface area contributed by atoms with Crippen LogP contribution in [-0.4, -0.2) is 28.9 Å². The van der Waals surface area contributed by atoms with Gasteiger partial charge in [0.05, 0.1) is 5.56 Å². The molecule has 6 heteroatoms. The maximum atomic E-state index is 12.7. The van der Waals surface area contributed by atoms with Gasteiger partial charge in [-0.2, -0.15) is 0 Å². The summed E-state index contributed by atoms with van der Waals surface area (Å²) in [6.07, 6.45) is 6.31. The van der Waals surface area contributed by atoms with E-state index in [1.165, 1.54) is 19.3 Å². The molecule has 2 rings (SSSR count). The minimum absolute atomic E-state index is 0.0366. The monoisotopic (exact) mass is 340 g/mol. The Kier molecular flexibility index (Phi) is 4.99. The van der Waals surface area contributed by atoms with Crippen molar-refractivity contribution < 1.29 is 4.79 Å². The van der Waals surface area contributed by atoms with E-state index < -0.39 is 0 Å². The summed E-state index contributed by atoms with van der Waals surface area (Å²) in [6.45, 7) is 2.22. The molecule has 5 nitrogen and oxygen atoms in total. The van der Waals surface area contributed by atoms with E-state index in [4.69, 9.17) is 5.84 Å². The van der Waals surface area contributed by atoms with Gasteiger partial charge in [0.2, 0.25) is 0 Å². The molecule has 0 bridgehead atoms. The maximum absolute atomic E-state index is 12.7. The summed E-state index contributed by atoms with van der Waals surface area (Å²) in [5, 5.41) is 0. The summed E-state index contributed by atoms with van der Waals surface area (Å²) in [6, 6.07) is 2.05. The van der Waals surface area contributed by atoms with Crippen LogP contribution >= 0.6 is 15.9 Å². The van der Waals surface area contributed by atoms with Gasteiger partial charge in [0.25, 0.3) is 5.91 Å². The highest BCUT2D eigenvalue weighted by molar-refractivity contribution is 9.10. The number of pyridine rings is 1.